The van der Waals surface area contributed by atoms with Crippen LogP contribution in [0.1, 0.15) is 33.5 Å². The minimum atomic E-state index is -4.45. The smallest absolute Gasteiger partial charge is 0.365 e. The summed E-state index contributed by atoms with van der Waals surface area (Å²) in [5.41, 5.74) is 5.33. The molecule has 0 aliphatic carbocycles. The van der Waals surface area contributed by atoms with Crippen molar-refractivity contribution in [1.82, 2.24) is 24.9 Å². The largest absolute Gasteiger partial charge is 0.416 e. The number of aromatic nitrogens is 5. The van der Waals surface area contributed by atoms with Crippen LogP contribution in [-0.2, 0) is 41.7 Å². The number of benzene rings is 3. The molecule has 8 rings (SSSR count). The molecule has 3 aromatic carbocycles. The second-order valence-corrected chi connectivity index (χ2v) is 13.0. The predicted octanol–water partition coefficient (Wildman–Crippen LogP) is 7.59. The Bertz CT molecular complexity index is 2510. The Morgan fingerprint density at radius 1 is 0.737 bits per heavy atom. The SMILES string of the molecule is N#Cc1cnc(Nc2ccc3c(c2)CC(=O)N3)nc1NCc1ccccn1.O=C1Cc2cc(Nc3ncc(Cl)c(NCc4ccccc4C(F)(F)F)n3)ccc2N1. The van der Waals surface area contributed by atoms with E-state index in [0.29, 0.717) is 36.0 Å². The summed E-state index contributed by atoms with van der Waals surface area (Å²) in [5.74, 6) is 1.11. The minimum absolute atomic E-state index is 0.0159. The Labute approximate surface area is 328 Å². The van der Waals surface area contributed by atoms with E-state index >= 15 is 0 Å². The van der Waals surface area contributed by atoms with Crippen LogP contribution >= 0.6 is 11.6 Å². The molecule has 0 atom stereocenters. The van der Waals surface area contributed by atoms with Gasteiger partial charge < -0.3 is 31.9 Å². The van der Waals surface area contributed by atoms with E-state index in [1.165, 1.54) is 30.6 Å². The highest BCUT2D eigenvalue weighted by atomic mass is 35.5. The highest BCUT2D eigenvalue weighted by molar-refractivity contribution is 6.32. The first kappa shape index (κ1) is 38.0. The molecule has 0 bridgehead atoms. The lowest BCUT2D eigenvalue weighted by molar-refractivity contribution is -0.138. The molecule has 6 aromatic rings. The van der Waals surface area contributed by atoms with E-state index in [0.717, 1.165) is 39.9 Å². The van der Waals surface area contributed by atoms with Gasteiger partial charge in [-0.05, 0) is 71.3 Å². The molecule has 0 radical (unpaired) electrons. The van der Waals surface area contributed by atoms with Crippen LogP contribution in [0.15, 0.2) is 97.5 Å². The summed E-state index contributed by atoms with van der Waals surface area (Å²) in [6, 6.07) is 23.9. The standard InChI is InChI=1S/C20H15ClF3N5O.C19H15N7O/c21-15-10-26-19(27-13-5-6-16-12(7-13)8-17(30)28-16)29-18(15)25-9-11-3-1-2-4-14(11)20(22,23)24;20-9-13-10-23-19(26-18(13)22-11-15-3-1-2-6-21-15)24-14-4-5-16-12(7-14)8-17(27)25-16/h1-7,10H,8-9H2,(H,28,30)(H2,25,26,27,29);1-7,10H,8,11H2,(H,25,27)(H2,22,23,24,26). The quantitative estimate of drug-likeness (QED) is 0.0797. The maximum Gasteiger partial charge on any atom is 0.416 e. The maximum absolute atomic E-state index is 13.2. The topological polar surface area (TPSA) is 195 Å². The summed E-state index contributed by atoms with van der Waals surface area (Å²) in [5, 5.41) is 27.1. The predicted molar refractivity (Wildman–Crippen MR) is 208 cm³/mol. The van der Waals surface area contributed by atoms with E-state index in [-0.39, 0.29) is 47.1 Å². The summed E-state index contributed by atoms with van der Waals surface area (Å²) in [7, 11) is 0. The molecule has 286 valence electrons. The van der Waals surface area contributed by atoms with Crippen molar-refractivity contribution in [3.8, 4) is 6.07 Å². The molecule has 0 fully saturated rings. The van der Waals surface area contributed by atoms with Gasteiger partial charge in [-0.25, -0.2) is 9.97 Å². The number of nitriles is 1. The van der Waals surface area contributed by atoms with E-state index < -0.39 is 11.7 Å². The average Bonchev–Trinajstić information content (AvgIpc) is 3.77. The third-order valence-electron chi connectivity index (χ3n) is 8.56. The van der Waals surface area contributed by atoms with Crippen molar-refractivity contribution in [1.29, 1.82) is 5.26 Å². The van der Waals surface area contributed by atoms with Gasteiger partial charge in [-0.1, -0.05) is 35.9 Å². The number of anilines is 8. The van der Waals surface area contributed by atoms with Crippen molar-refractivity contribution in [2.24, 2.45) is 0 Å². The average molecular weight is 791 g/mol. The number of rotatable bonds is 10. The first-order valence-corrected chi connectivity index (χ1v) is 17.6. The number of fused-ring (bicyclic) bond motifs is 2. The highest BCUT2D eigenvalue weighted by Gasteiger charge is 2.32. The number of pyridine rings is 1. The molecule has 5 heterocycles. The Morgan fingerprint density at radius 2 is 1.33 bits per heavy atom. The highest BCUT2D eigenvalue weighted by Crippen LogP contribution is 2.33. The van der Waals surface area contributed by atoms with E-state index in [1.54, 1.807) is 24.4 Å². The third kappa shape index (κ3) is 9.50. The molecular formula is C39H30ClF3N12O2. The van der Waals surface area contributed by atoms with Crippen LogP contribution in [0.5, 0.6) is 0 Å². The molecule has 18 heteroatoms. The summed E-state index contributed by atoms with van der Waals surface area (Å²) < 4.78 is 39.5. The number of nitrogens with zero attached hydrogens (tertiary/aromatic N) is 6. The molecule has 57 heavy (non-hydrogen) atoms. The summed E-state index contributed by atoms with van der Waals surface area (Å²) in [6.07, 6.45) is 0.725. The molecule has 0 saturated carbocycles. The zero-order valence-corrected chi connectivity index (χ0v) is 30.3. The van der Waals surface area contributed by atoms with Gasteiger partial charge in [0.05, 0.1) is 43.0 Å². The van der Waals surface area contributed by atoms with E-state index in [2.05, 4.69) is 62.9 Å². The lowest BCUT2D eigenvalue weighted by Crippen LogP contribution is -2.12. The van der Waals surface area contributed by atoms with Crippen molar-refractivity contribution >= 4 is 69.7 Å². The van der Waals surface area contributed by atoms with Crippen molar-refractivity contribution in [2.75, 3.05) is 31.9 Å². The molecule has 2 amide bonds. The number of hydrogen-bond donors (Lipinski definition) is 6. The molecule has 0 saturated heterocycles. The maximum atomic E-state index is 13.2. The van der Waals surface area contributed by atoms with Crippen molar-refractivity contribution in [3.63, 3.8) is 0 Å². The molecule has 3 aromatic heterocycles. The number of amides is 2. The van der Waals surface area contributed by atoms with Gasteiger partial charge in [-0.2, -0.15) is 28.4 Å². The van der Waals surface area contributed by atoms with Crippen molar-refractivity contribution in [2.45, 2.75) is 32.1 Å². The molecule has 0 unspecified atom stereocenters. The second-order valence-electron chi connectivity index (χ2n) is 12.6. The second kappa shape index (κ2) is 16.6. The third-order valence-corrected chi connectivity index (χ3v) is 8.84. The van der Waals surface area contributed by atoms with Gasteiger partial charge in [0, 0.05) is 35.5 Å². The zero-order chi connectivity index (χ0) is 39.9. The number of carbonyl (C=O) groups excluding carboxylic acids is 2. The van der Waals surface area contributed by atoms with E-state index in [4.69, 9.17) is 11.6 Å². The summed E-state index contributed by atoms with van der Waals surface area (Å²) in [6.45, 7) is 0.330. The van der Waals surface area contributed by atoms with Crippen molar-refractivity contribution < 1.29 is 22.8 Å². The van der Waals surface area contributed by atoms with Crippen LogP contribution in [0.2, 0.25) is 5.02 Å². The van der Waals surface area contributed by atoms with Crippen LogP contribution in [0, 0.1) is 11.3 Å². The van der Waals surface area contributed by atoms with Crippen molar-refractivity contribution in [3.05, 3.63) is 136 Å². The van der Waals surface area contributed by atoms with Gasteiger partial charge in [-0.15, -0.1) is 0 Å². The number of alkyl halides is 3. The normalized spacial score (nSPS) is 12.5. The number of hydrogen-bond acceptors (Lipinski definition) is 12. The lowest BCUT2D eigenvalue weighted by atomic mass is 10.1. The van der Waals surface area contributed by atoms with Gasteiger partial charge in [0.2, 0.25) is 23.7 Å². The van der Waals surface area contributed by atoms with Gasteiger partial charge in [-0.3, -0.25) is 14.6 Å². The number of carbonyl (C=O) groups is 2. The molecule has 14 nitrogen and oxygen atoms in total. The Morgan fingerprint density at radius 3 is 1.95 bits per heavy atom. The first-order chi connectivity index (χ1) is 27.5. The summed E-state index contributed by atoms with van der Waals surface area (Å²) >= 11 is 6.10. The van der Waals surface area contributed by atoms with Gasteiger partial charge in [0.15, 0.2) is 5.82 Å². The monoisotopic (exact) mass is 790 g/mol. The van der Waals surface area contributed by atoms with E-state index in [9.17, 15) is 28.0 Å². The molecule has 0 spiro atoms. The van der Waals surface area contributed by atoms with Crippen LogP contribution in [0.3, 0.4) is 0 Å². The Balaban J connectivity index is 0.000000175. The zero-order valence-electron chi connectivity index (χ0n) is 29.6. The van der Waals surface area contributed by atoms with E-state index in [1.807, 2.05) is 36.4 Å². The number of halogens is 4. The van der Waals surface area contributed by atoms with Gasteiger partial charge in [0.1, 0.15) is 22.5 Å². The molecular weight excluding hydrogens is 761 g/mol. The van der Waals surface area contributed by atoms with Crippen LogP contribution in [0.4, 0.5) is 59.5 Å². The first-order valence-electron chi connectivity index (χ1n) is 17.2. The molecule has 2 aliphatic rings. The fraction of sp³-hybridized carbons (Fsp3) is 0.128. The van der Waals surface area contributed by atoms with Crippen LogP contribution in [-0.4, -0.2) is 36.7 Å². The van der Waals surface area contributed by atoms with Crippen LogP contribution < -0.4 is 31.9 Å². The molecule has 6 N–H and O–H groups in total. The fourth-order valence-corrected chi connectivity index (χ4v) is 6.05. The Kier molecular flexibility index (Phi) is 11.1. The summed E-state index contributed by atoms with van der Waals surface area (Å²) in [4.78, 5) is 44.1. The molecule has 2 aliphatic heterocycles. The number of nitrogens with one attached hydrogen (secondary N) is 6. The minimum Gasteiger partial charge on any atom is -0.365 e. The fourth-order valence-electron chi connectivity index (χ4n) is 5.89. The van der Waals surface area contributed by atoms with Crippen LogP contribution in [0.25, 0.3) is 0 Å². The van der Waals surface area contributed by atoms with Gasteiger partial charge >= 0.3 is 6.18 Å². The van der Waals surface area contributed by atoms with Gasteiger partial charge in [0.25, 0.3) is 0 Å². The Hall–Kier alpha value is -7.32. The lowest BCUT2D eigenvalue weighted by Gasteiger charge is -2.14.